The highest BCUT2D eigenvalue weighted by atomic mass is 35.5. The third-order valence-electron chi connectivity index (χ3n) is 3.52. The lowest BCUT2D eigenvalue weighted by Gasteiger charge is -2.28. The molecule has 3 N–H and O–H groups in total. The number of hydrogen-bond acceptors (Lipinski definition) is 2. The number of benzene rings is 2. The van der Waals surface area contributed by atoms with Crippen molar-refractivity contribution in [1.29, 1.82) is 5.41 Å². The standard InChI is InChI=1S/C16H18ClN3/c1-11(14-5-3-4-6-15(14)17)20(2)13-9-7-12(8-10-13)16(18)19/h3-11H,1-2H3,(H3,18,19). The molecule has 2 aromatic rings. The molecule has 1 unspecified atom stereocenters. The van der Waals surface area contributed by atoms with Crippen LogP contribution in [0, 0.1) is 5.41 Å². The smallest absolute Gasteiger partial charge is 0.122 e. The van der Waals surface area contributed by atoms with Gasteiger partial charge in [-0.25, -0.2) is 0 Å². The topological polar surface area (TPSA) is 53.1 Å². The number of rotatable bonds is 4. The highest BCUT2D eigenvalue weighted by Gasteiger charge is 2.14. The van der Waals surface area contributed by atoms with Crippen LogP contribution in [0.2, 0.25) is 5.02 Å². The zero-order chi connectivity index (χ0) is 14.7. The Morgan fingerprint density at radius 1 is 1.15 bits per heavy atom. The lowest BCUT2D eigenvalue weighted by atomic mass is 10.1. The Morgan fingerprint density at radius 2 is 1.75 bits per heavy atom. The molecule has 0 heterocycles. The number of hydrogen-bond donors (Lipinski definition) is 2. The summed E-state index contributed by atoms with van der Waals surface area (Å²) in [6.07, 6.45) is 0. The van der Waals surface area contributed by atoms with Crippen LogP contribution >= 0.6 is 11.6 Å². The highest BCUT2D eigenvalue weighted by molar-refractivity contribution is 6.31. The van der Waals surface area contributed by atoms with Crippen LogP contribution in [0.3, 0.4) is 0 Å². The van der Waals surface area contributed by atoms with Crippen molar-refractivity contribution in [2.75, 3.05) is 11.9 Å². The van der Waals surface area contributed by atoms with Gasteiger partial charge < -0.3 is 10.6 Å². The van der Waals surface area contributed by atoms with Crippen LogP contribution in [0.25, 0.3) is 0 Å². The summed E-state index contributed by atoms with van der Waals surface area (Å²) < 4.78 is 0. The Kier molecular flexibility index (Phi) is 4.30. The van der Waals surface area contributed by atoms with Gasteiger partial charge in [-0.15, -0.1) is 0 Å². The van der Waals surface area contributed by atoms with E-state index in [0.717, 1.165) is 21.8 Å². The summed E-state index contributed by atoms with van der Waals surface area (Å²) in [5.74, 6) is 0.0818. The van der Waals surface area contributed by atoms with Crippen LogP contribution in [0.1, 0.15) is 24.1 Å². The van der Waals surface area contributed by atoms with Gasteiger partial charge in [-0.05, 0) is 42.8 Å². The number of amidine groups is 1. The zero-order valence-corrected chi connectivity index (χ0v) is 12.4. The molecule has 0 radical (unpaired) electrons. The Bertz CT molecular complexity index is 607. The first-order valence-electron chi connectivity index (χ1n) is 6.42. The minimum absolute atomic E-state index is 0.0818. The van der Waals surface area contributed by atoms with Gasteiger partial charge in [-0.2, -0.15) is 0 Å². The molecule has 4 heteroatoms. The number of nitrogens with zero attached hydrogens (tertiary/aromatic N) is 1. The summed E-state index contributed by atoms with van der Waals surface area (Å²) in [4.78, 5) is 2.14. The number of halogens is 1. The van der Waals surface area contributed by atoms with E-state index in [-0.39, 0.29) is 11.9 Å². The van der Waals surface area contributed by atoms with E-state index in [4.69, 9.17) is 22.7 Å². The fourth-order valence-corrected chi connectivity index (χ4v) is 2.42. The van der Waals surface area contributed by atoms with E-state index in [1.54, 1.807) is 0 Å². The van der Waals surface area contributed by atoms with E-state index < -0.39 is 0 Å². The summed E-state index contributed by atoms with van der Waals surface area (Å²) in [5, 5.41) is 8.18. The molecule has 0 aliphatic heterocycles. The number of nitrogens with one attached hydrogen (secondary N) is 1. The van der Waals surface area contributed by atoms with Gasteiger partial charge in [0.25, 0.3) is 0 Å². The van der Waals surface area contributed by atoms with E-state index in [9.17, 15) is 0 Å². The molecule has 0 aliphatic rings. The summed E-state index contributed by atoms with van der Waals surface area (Å²) in [6, 6.07) is 15.7. The van der Waals surface area contributed by atoms with Crippen molar-refractivity contribution in [3.63, 3.8) is 0 Å². The minimum Gasteiger partial charge on any atom is -0.384 e. The van der Waals surface area contributed by atoms with E-state index in [0.29, 0.717) is 0 Å². The molecule has 2 aromatic carbocycles. The quantitative estimate of drug-likeness (QED) is 0.663. The molecule has 0 fully saturated rings. The third-order valence-corrected chi connectivity index (χ3v) is 3.87. The second-order valence-corrected chi connectivity index (χ2v) is 5.18. The maximum Gasteiger partial charge on any atom is 0.122 e. The second kappa shape index (κ2) is 5.97. The van der Waals surface area contributed by atoms with E-state index in [2.05, 4.69) is 11.8 Å². The monoisotopic (exact) mass is 287 g/mol. The predicted octanol–water partition coefficient (Wildman–Crippen LogP) is 3.82. The van der Waals surface area contributed by atoms with Gasteiger partial charge in [0.15, 0.2) is 0 Å². The maximum absolute atomic E-state index is 7.41. The maximum atomic E-state index is 7.41. The fourth-order valence-electron chi connectivity index (χ4n) is 2.12. The molecule has 0 bridgehead atoms. The molecule has 1 atom stereocenters. The molecule has 2 rings (SSSR count). The Hall–Kier alpha value is -2.00. The van der Waals surface area contributed by atoms with Gasteiger partial charge in [0.1, 0.15) is 5.84 Å². The Balaban J connectivity index is 2.24. The fraction of sp³-hybridized carbons (Fsp3) is 0.188. The second-order valence-electron chi connectivity index (χ2n) is 4.77. The molecule has 0 saturated heterocycles. The average molecular weight is 288 g/mol. The molecule has 0 aromatic heterocycles. The summed E-state index contributed by atoms with van der Waals surface area (Å²) in [5.41, 5.74) is 8.34. The van der Waals surface area contributed by atoms with Gasteiger partial charge in [-0.3, -0.25) is 5.41 Å². The Labute approximate surface area is 124 Å². The molecule has 20 heavy (non-hydrogen) atoms. The van der Waals surface area contributed by atoms with Crippen molar-refractivity contribution in [3.8, 4) is 0 Å². The van der Waals surface area contributed by atoms with Crippen LogP contribution in [-0.2, 0) is 0 Å². The van der Waals surface area contributed by atoms with E-state index >= 15 is 0 Å². The van der Waals surface area contributed by atoms with Gasteiger partial charge in [-0.1, -0.05) is 29.8 Å². The van der Waals surface area contributed by atoms with Gasteiger partial charge in [0.2, 0.25) is 0 Å². The van der Waals surface area contributed by atoms with Crippen molar-refractivity contribution in [2.24, 2.45) is 5.73 Å². The third kappa shape index (κ3) is 2.94. The van der Waals surface area contributed by atoms with Crippen molar-refractivity contribution in [2.45, 2.75) is 13.0 Å². The van der Waals surface area contributed by atoms with Crippen LogP contribution in [0.5, 0.6) is 0 Å². The first kappa shape index (κ1) is 14.4. The zero-order valence-electron chi connectivity index (χ0n) is 11.6. The van der Waals surface area contributed by atoms with Gasteiger partial charge >= 0.3 is 0 Å². The first-order valence-corrected chi connectivity index (χ1v) is 6.80. The minimum atomic E-state index is 0.0818. The molecule has 104 valence electrons. The molecule has 0 aliphatic carbocycles. The molecule has 3 nitrogen and oxygen atoms in total. The van der Waals surface area contributed by atoms with Crippen molar-refractivity contribution < 1.29 is 0 Å². The highest BCUT2D eigenvalue weighted by Crippen LogP contribution is 2.29. The van der Waals surface area contributed by atoms with Gasteiger partial charge in [0, 0.05) is 23.3 Å². The molecular weight excluding hydrogens is 270 g/mol. The van der Waals surface area contributed by atoms with Crippen LogP contribution < -0.4 is 10.6 Å². The summed E-state index contributed by atoms with van der Waals surface area (Å²) in [6.45, 7) is 2.11. The average Bonchev–Trinajstić information content (AvgIpc) is 2.46. The number of nitrogens with two attached hydrogens (primary N) is 1. The Morgan fingerprint density at radius 3 is 2.30 bits per heavy atom. The molecule has 0 spiro atoms. The molecule has 0 saturated carbocycles. The summed E-state index contributed by atoms with van der Waals surface area (Å²) >= 11 is 6.25. The molecular formula is C16H18ClN3. The largest absolute Gasteiger partial charge is 0.384 e. The van der Waals surface area contributed by atoms with Gasteiger partial charge in [0.05, 0.1) is 6.04 Å². The first-order chi connectivity index (χ1) is 9.50. The number of nitrogen functional groups attached to an aromatic ring is 1. The van der Waals surface area contributed by atoms with E-state index in [1.807, 2.05) is 55.6 Å². The molecule has 0 amide bonds. The predicted molar refractivity (Wildman–Crippen MR) is 85.7 cm³/mol. The van der Waals surface area contributed by atoms with Crippen molar-refractivity contribution >= 4 is 23.1 Å². The van der Waals surface area contributed by atoms with E-state index in [1.165, 1.54) is 0 Å². The van der Waals surface area contributed by atoms with Crippen LogP contribution in [0.15, 0.2) is 48.5 Å². The van der Waals surface area contributed by atoms with Crippen LogP contribution in [-0.4, -0.2) is 12.9 Å². The van der Waals surface area contributed by atoms with Crippen LogP contribution in [0.4, 0.5) is 5.69 Å². The van der Waals surface area contributed by atoms with Crippen molar-refractivity contribution in [3.05, 3.63) is 64.7 Å². The normalized spacial score (nSPS) is 11.9. The SMILES string of the molecule is CC(c1ccccc1Cl)N(C)c1ccc(C(=N)N)cc1. The number of anilines is 1. The van der Waals surface area contributed by atoms with Crippen molar-refractivity contribution in [1.82, 2.24) is 0 Å². The lowest BCUT2D eigenvalue weighted by molar-refractivity contribution is 0.740. The summed E-state index contributed by atoms with van der Waals surface area (Å²) in [7, 11) is 2.02. The lowest BCUT2D eigenvalue weighted by Crippen LogP contribution is -2.22.